The van der Waals surface area contributed by atoms with Crippen molar-refractivity contribution in [1.29, 1.82) is 0 Å². The molecule has 0 aliphatic rings. The lowest BCUT2D eigenvalue weighted by molar-refractivity contribution is 0.586. The Morgan fingerprint density at radius 3 is 2.17 bits per heavy atom. The summed E-state index contributed by atoms with van der Waals surface area (Å²) in [6, 6.07) is 17.1. The average molecular weight is 425 g/mol. The third kappa shape index (κ3) is 4.74. The van der Waals surface area contributed by atoms with Crippen LogP contribution in [0.15, 0.2) is 81.7 Å². The zero-order valence-corrected chi connectivity index (χ0v) is 18.0. The highest BCUT2D eigenvalue weighted by Gasteiger charge is 2.24. The largest absolute Gasteiger partial charge is 0.318 e. The fraction of sp³-hybridized carbons (Fsp3) is 0.261. The van der Waals surface area contributed by atoms with Crippen molar-refractivity contribution < 1.29 is 8.42 Å². The second-order valence-electron chi connectivity index (χ2n) is 7.52. The Balaban J connectivity index is 2.05. The molecule has 0 radical (unpaired) electrons. The number of benzene rings is 2. The van der Waals surface area contributed by atoms with E-state index in [4.69, 9.17) is 0 Å². The van der Waals surface area contributed by atoms with Crippen LogP contribution in [-0.4, -0.2) is 19.2 Å². The first-order valence-corrected chi connectivity index (χ1v) is 11.4. The molecule has 0 bridgehead atoms. The first-order valence-electron chi connectivity index (χ1n) is 9.55. The van der Waals surface area contributed by atoms with Crippen LogP contribution in [0.2, 0.25) is 0 Å². The summed E-state index contributed by atoms with van der Waals surface area (Å²) in [4.78, 5) is 23.7. The monoisotopic (exact) mass is 424 g/mol. The number of aromatic nitrogens is 1. The SMILES string of the molecule is Cc1ccccc1[C@@H](CC(N=O)c1ccc(=O)n(C)c1)c1ccc(S(C)(=O)=O)cc1. The summed E-state index contributed by atoms with van der Waals surface area (Å²) in [5, 5.41) is 3.35. The zero-order valence-electron chi connectivity index (χ0n) is 17.1. The van der Waals surface area contributed by atoms with Crippen LogP contribution in [0.1, 0.15) is 40.6 Å². The zero-order chi connectivity index (χ0) is 21.9. The maximum atomic E-state index is 11.8. The number of hydrogen-bond acceptors (Lipinski definition) is 5. The molecule has 0 aliphatic carbocycles. The van der Waals surface area contributed by atoms with Gasteiger partial charge in [-0.1, -0.05) is 41.6 Å². The molecule has 0 N–H and O–H groups in total. The van der Waals surface area contributed by atoms with Gasteiger partial charge in [-0.05, 0) is 53.8 Å². The van der Waals surface area contributed by atoms with Crippen LogP contribution in [-0.2, 0) is 16.9 Å². The number of nitrogens with zero attached hydrogens (tertiary/aromatic N) is 2. The Morgan fingerprint density at radius 2 is 1.60 bits per heavy atom. The van der Waals surface area contributed by atoms with E-state index >= 15 is 0 Å². The molecule has 0 fully saturated rings. The van der Waals surface area contributed by atoms with Gasteiger partial charge in [-0.15, -0.1) is 0 Å². The van der Waals surface area contributed by atoms with E-state index in [0.717, 1.165) is 16.7 Å². The third-order valence-corrected chi connectivity index (χ3v) is 6.48. The fourth-order valence-electron chi connectivity index (χ4n) is 3.64. The van der Waals surface area contributed by atoms with E-state index in [2.05, 4.69) is 5.18 Å². The minimum Gasteiger partial charge on any atom is -0.318 e. The first-order chi connectivity index (χ1) is 14.2. The predicted octanol–water partition coefficient (Wildman–Crippen LogP) is 4.13. The maximum absolute atomic E-state index is 11.8. The van der Waals surface area contributed by atoms with Crippen molar-refractivity contribution in [1.82, 2.24) is 4.57 Å². The lowest BCUT2D eigenvalue weighted by Gasteiger charge is -2.23. The molecule has 0 spiro atoms. The fourth-order valence-corrected chi connectivity index (χ4v) is 4.27. The van der Waals surface area contributed by atoms with Crippen LogP contribution in [0.25, 0.3) is 0 Å². The second-order valence-corrected chi connectivity index (χ2v) is 9.53. The molecule has 1 aromatic heterocycles. The van der Waals surface area contributed by atoms with E-state index in [-0.39, 0.29) is 16.4 Å². The molecule has 1 unspecified atom stereocenters. The first kappa shape index (κ1) is 21.6. The van der Waals surface area contributed by atoms with Crippen molar-refractivity contribution in [3.05, 3.63) is 104 Å². The van der Waals surface area contributed by atoms with Crippen molar-refractivity contribution in [3.8, 4) is 0 Å². The molecule has 156 valence electrons. The number of rotatable bonds is 7. The van der Waals surface area contributed by atoms with Crippen LogP contribution in [0, 0.1) is 11.8 Å². The van der Waals surface area contributed by atoms with Crippen molar-refractivity contribution in [2.24, 2.45) is 12.2 Å². The topological polar surface area (TPSA) is 85.6 Å². The smallest absolute Gasteiger partial charge is 0.250 e. The Bertz CT molecular complexity index is 1210. The van der Waals surface area contributed by atoms with Crippen molar-refractivity contribution in [3.63, 3.8) is 0 Å². The van der Waals surface area contributed by atoms with Gasteiger partial charge in [0.1, 0.15) is 6.04 Å². The number of sulfone groups is 1. The molecule has 2 atom stereocenters. The van der Waals surface area contributed by atoms with Crippen LogP contribution in [0.5, 0.6) is 0 Å². The van der Waals surface area contributed by atoms with Crippen LogP contribution in [0.4, 0.5) is 0 Å². The van der Waals surface area contributed by atoms with Gasteiger partial charge in [0.15, 0.2) is 9.84 Å². The van der Waals surface area contributed by atoms with E-state index in [0.29, 0.717) is 12.0 Å². The maximum Gasteiger partial charge on any atom is 0.250 e. The van der Waals surface area contributed by atoms with Gasteiger partial charge >= 0.3 is 0 Å². The number of hydrogen-bond donors (Lipinski definition) is 0. The Labute approximate surface area is 176 Å². The van der Waals surface area contributed by atoms with Crippen LogP contribution in [0.3, 0.4) is 0 Å². The highest BCUT2D eigenvalue weighted by molar-refractivity contribution is 7.90. The predicted molar refractivity (Wildman–Crippen MR) is 117 cm³/mol. The van der Waals surface area contributed by atoms with Gasteiger partial charge in [0.05, 0.1) is 4.90 Å². The summed E-state index contributed by atoms with van der Waals surface area (Å²) >= 11 is 0. The third-order valence-electron chi connectivity index (χ3n) is 5.35. The van der Waals surface area contributed by atoms with Gasteiger partial charge in [-0.25, -0.2) is 8.42 Å². The Hall–Kier alpha value is -3.06. The molecule has 2 aromatic carbocycles. The summed E-state index contributed by atoms with van der Waals surface area (Å²) in [6.45, 7) is 2.00. The van der Waals surface area contributed by atoms with Gasteiger partial charge < -0.3 is 4.57 Å². The minimum absolute atomic E-state index is 0.157. The quantitative estimate of drug-likeness (QED) is 0.534. The van der Waals surface area contributed by atoms with Gasteiger partial charge in [-0.2, -0.15) is 4.91 Å². The normalized spacial score (nSPS) is 13.6. The van der Waals surface area contributed by atoms with Crippen LogP contribution < -0.4 is 5.56 Å². The highest BCUT2D eigenvalue weighted by atomic mass is 32.2. The molecule has 0 saturated carbocycles. The Kier molecular flexibility index (Phi) is 6.31. The molecule has 1 heterocycles. The van der Waals surface area contributed by atoms with E-state index in [1.54, 1.807) is 43.6 Å². The van der Waals surface area contributed by atoms with Crippen molar-refractivity contribution >= 4 is 9.84 Å². The molecule has 0 aliphatic heterocycles. The molecule has 0 saturated heterocycles. The lowest BCUT2D eigenvalue weighted by atomic mass is 9.83. The molecular formula is C23H24N2O4S. The lowest BCUT2D eigenvalue weighted by Crippen LogP contribution is -2.16. The molecule has 0 amide bonds. The summed E-state index contributed by atoms with van der Waals surface area (Å²) in [7, 11) is -1.66. The number of aryl methyl sites for hydroxylation is 2. The van der Waals surface area contributed by atoms with Gasteiger partial charge in [-0.3, -0.25) is 4.79 Å². The van der Waals surface area contributed by atoms with Gasteiger partial charge in [0.2, 0.25) is 5.56 Å². The average Bonchev–Trinajstić information content (AvgIpc) is 2.71. The Morgan fingerprint density at radius 1 is 0.967 bits per heavy atom. The van der Waals surface area contributed by atoms with Crippen molar-refractivity contribution in [2.45, 2.75) is 30.2 Å². The molecule has 6 nitrogen and oxygen atoms in total. The highest BCUT2D eigenvalue weighted by Crippen LogP contribution is 2.37. The molecule has 3 aromatic rings. The van der Waals surface area contributed by atoms with Crippen molar-refractivity contribution in [2.75, 3.05) is 6.26 Å². The van der Waals surface area contributed by atoms with Crippen LogP contribution >= 0.6 is 0 Å². The molecule has 3 rings (SSSR count). The van der Waals surface area contributed by atoms with E-state index in [9.17, 15) is 18.1 Å². The molecule has 7 heteroatoms. The number of nitroso groups, excluding NO2 is 1. The summed E-state index contributed by atoms with van der Waals surface area (Å²) in [5.41, 5.74) is 3.52. The van der Waals surface area contributed by atoms with E-state index in [1.165, 1.54) is 16.9 Å². The molecular weight excluding hydrogens is 400 g/mol. The van der Waals surface area contributed by atoms with Gasteiger partial charge in [0.25, 0.3) is 0 Å². The minimum atomic E-state index is -3.30. The van der Waals surface area contributed by atoms with E-state index < -0.39 is 15.9 Å². The standard InChI is InChI=1S/C23H24N2O4S/c1-16-6-4-5-7-20(16)21(17-8-11-19(12-9-17)30(3,28)29)14-22(24-27)18-10-13-23(26)25(2)15-18/h4-13,15,21-22H,14H2,1-3H3/t21-,22?/m0/s1. The van der Waals surface area contributed by atoms with Gasteiger partial charge in [0, 0.05) is 31.5 Å². The number of pyridine rings is 1. The summed E-state index contributed by atoms with van der Waals surface area (Å²) in [5.74, 6) is -0.167. The summed E-state index contributed by atoms with van der Waals surface area (Å²) in [6.07, 6.45) is 3.20. The van der Waals surface area contributed by atoms with E-state index in [1.807, 2.05) is 31.2 Å². The second kappa shape index (κ2) is 8.75. The summed E-state index contributed by atoms with van der Waals surface area (Å²) < 4.78 is 25.1. The molecule has 30 heavy (non-hydrogen) atoms.